The summed E-state index contributed by atoms with van der Waals surface area (Å²) in [6.07, 6.45) is 0. The fourth-order valence-electron chi connectivity index (χ4n) is 3.45. The number of rotatable bonds is 7. The number of hydrogen-bond acceptors (Lipinski definition) is 4. The number of halogens is 1. The van der Waals surface area contributed by atoms with Gasteiger partial charge in [0.2, 0.25) is 0 Å². The van der Waals surface area contributed by atoms with Crippen molar-refractivity contribution in [2.75, 3.05) is 0 Å². The van der Waals surface area contributed by atoms with Crippen LogP contribution in [0.3, 0.4) is 0 Å². The topological polar surface area (TPSA) is 60.4 Å². The van der Waals surface area contributed by atoms with Gasteiger partial charge in [-0.3, -0.25) is 0 Å². The van der Waals surface area contributed by atoms with Crippen LogP contribution < -0.4 is 10.6 Å². The van der Waals surface area contributed by atoms with Crippen LogP contribution >= 0.6 is 29.7 Å². The summed E-state index contributed by atoms with van der Waals surface area (Å²) >= 11 is 1.98. The Labute approximate surface area is 214 Å². The van der Waals surface area contributed by atoms with Gasteiger partial charge in [-0.05, 0) is 41.6 Å². The van der Waals surface area contributed by atoms with Crippen LogP contribution in [0.5, 0.6) is 0 Å². The maximum atomic E-state index is 14.9. The Bertz CT molecular complexity index is 1410. The molecule has 0 aliphatic rings. The van der Waals surface area contributed by atoms with Gasteiger partial charge in [-0.15, -0.1) is 0 Å². The largest absolute Gasteiger partial charge is 0.377 e. The average Bonchev–Trinajstić information content (AvgIpc) is 2.88. The van der Waals surface area contributed by atoms with E-state index in [0.717, 1.165) is 5.56 Å². The van der Waals surface area contributed by atoms with Crippen molar-refractivity contribution in [3.8, 4) is 0 Å². The summed E-state index contributed by atoms with van der Waals surface area (Å²) in [7, 11) is -7.62. The molecule has 4 nitrogen and oxygen atoms in total. The predicted molar refractivity (Wildman–Crippen MR) is 147 cm³/mol. The molecule has 0 aliphatic heterocycles. The molecule has 4 rings (SSSR count). The van der Waals surface area contributed by atoms with Crippen molar-refractivity contribution in [3.63, 3.8) is 0 Å². The highest BCUT2D eigenvalue weighted by Gasteiger charge is 2.35. The molecule has 0 aromatic heterocycles. The Morgan fingerprint density at radius 1 is 0.706 bits per heavy atom. The molecule has 0 radical (unpaired) electrons. The van der Waals surface area contributed by atoms with E-state index in [1.165, 1.54) is 12.1 Å². The van der Waals surface area contributed by atoms with Gasteiger partial charge >= 0.3 is 10.1 Å². The molecule has 7 heteroatoms. The van der Waals surface area contributed by atoms with E-state index in [2.05, 4.69) is 0 Å². The van der Waals surface area contributed by atoms with Crippen molar-refractivity contribution >= 4 is 56.2 Å². The van der Waals surface area contributed by atoms with E-state index < -0.39 is 17.3 Å². The maximum Gasteiger partial charge on any atom is 0.339 e. The van der Waals surface area contributed by atoms with Crippen LogP contribution in [-0.2, 0) is 18.9 Å². The minimum absolute atomic E-state index is 0.0324. The molecule has 0 spiro atoms. The van der Waals surface area contributed by atoms with Crippen molar-refractivity contribution in [3.05, 3.63) is 130 Å². The molecular weight excluding hydrogens is 578 g/mol. The second-order valence-electron chi connectivity index (χ2n) is 7.62. The molecular formula is C27H22IO4PS. The molecule has 4 aromatic carbocycles. The first kappa shape index (κ1) is 24.5. The summed E-state index contributed by atoms with van der Waals surface area (Å²) in [6, 6.07) is 33.5. The minimum Gasteiger partial charge on any atom is -0.377 e. The van der Waals surface area contributed by atoms with Crippen molar-refractivity contribution in [1.29, 1.82) is 0 Å². The third kappa shape index (κ3) is 5.04. The Morgan fingerprint density at radius 2 is 1.15 bits per heavy atom. The summed E-state index contributed by atoms with van der Waals surface area (Å²) in [5.74, 6) is 0.0535. The molecule has 0 atom stereocenters. The molecule has 0 saturated heterocycles. The van der Waals surface area contributed by atoms with Crippen LogP contribution in [0, 0.1) is 6.92 Å². The summed E-state index contributed by atoms with van der Waals surface area (Å²) in [6.45, 7) is 1.88. The Balaban J connectivity index is 1.97. The highest BCUT2D eigenvalue weighted by molar-refractivity contribution is 14.1. The van der Waals surface area contributed by atoms with Crippen LogP contribution in [0.1, 0.15) is 11.1 Å². The summed E-state index contributed by atoms with van der Waals surface area (Å²) in [5, 5.41) is 1.19. The molecule has 4 aromatic rings. The smallest absolute Gasteiger partial charge is 0.339 e. The second kappa shape index (κ2) is 10.3. The minimum atomic E-state index is -4.18. The quantitative estimate of drug-likeness (QED) is 0.106. The Kier molecular flexibility index (Phi) is 7.41. The average molecular weight is 600 g/mol. The summed E-state index contributed by atoms with van der Waals surface area (Å²) in [5.41, 5.74) is 1.46. The summed E-state index contributed by atoms with van der Waals surface area (Å²) in [4.78, 5) is 0.0324. The van der Waals surface area contributed by atoms with Crippen LogP contribution in [-0.4, -0.2) is 8.42 Å². The standard InChI is InChI=1S/C27H22IO4PS/c1-21-17-19-25(20-18-21)34(30,31)32-26(22-11-5-2-6-12-22)27(28)33(29,23-13-7-3-8-14-23)24-15-9-4-10-16-24/h2-20H,1H3/b27-26-. The van der Waals surface area contributed by atoms with E-state index in [1.54, 1.807) is 60.7 Å². The monoisotopic (exact) mass is 600 g/mol. The highest BCUT2D eigenvalue weighted by Crippen LogP contribution is 2.58. The zero-order valence-electron chi connectivity index (χ0n) is 18.3. The van der Waals surface area contributed by atoms with E-state index in [9.17, 15) is 13.0 Å². The molecule has 0 fully saturated rings. The molecule has 0 heterocycles. The van der Waals surface area contributed by atoms with Gasteiger partial charge in [-0.2, -0.15) is 8.42 Å². The molecule has 34 heavy (non-hydrogen) atoms. The lowest BCUT2D eigenvalue weighted by atomic mass is 10.2. The van der Waals surface area contributed by atoms with Gasteiger partial charge in [0.1, 0.15) is 8.22 Å². The fraction of sp³-hybridized carbons (Fsp3) is 0.0370. The van der Waals surface area contributed by atoms with E-state index in [-0.39, 0.29) is 10.7 Å². The van der Waals surface area contributed by atoms with Crippen molar-refractivity contribution in [1.82, 2.24) is 0 Å². The van der Waals surface area contributed by atoms with Crippen molar-refractivity contribution in [2.24, 2.45) is 0 Å². The zero-order chi connectivity index (χ0) is 24.2. The molecule has 0 bridgehead atoms. The first-order valence-corrected chi connectivity index (χ1v) is 14.7. The van der Waals surface area contributed by atoms with Crippen molar-refractivity contribution < 1.29 is 17.2 Å². The number of hydrogen-bond donors (Lipinski definition) is 0. The van der Waals surface area contributed by atoms with Crippen molar-refractivity contribution in [2.45, 2.75) is 11.8 Å². The van der Waals surface area contributed by atoms with E-state index in [1.807, 2.05) is 72.0 Å². The van der Waals surface area contributed by atoms with E-state index in [4.69, 9.17) is 4.18 Å². The fourth-order valence-corrected chi connectivity index (χ4v) is 9.11. The highest BCUT2D eigenvalue weighted by atomic mass is 127. The van der Waals surface area contributed by atoms with E-state index >= 15 is 0 Å². The van der Waals surface area contributed by atoms with Gasteiger partial charge in [0.05, 0.1) is 0 Å². The summed E-state index contributed by atoms with van der Waals surface area (Å²) < 4.78 is 47.5. The van der Waals surface area contributed by atoms with Gasteiger partial charge < -0.3 is 8.75 Å². The van der Waals surface area contributed by atoms with Gasteiger partial charge in [0.15, 0.2) is 12.9 Å². The number of benzene rings is 4. The molecule has 0 aliphatic carbocycles. The Morgan fingerprint density at radius 3 is 1.62 bits per heavy atom. The molecule has 0 N–H and O–H groups in total. The molecule has 0 unspecified atom stereocenters. The third-order valence-electron chi connectivity index (χ3n) is 5.24. The van der Waals surface area contributed by atoms with Crippen LogP contribution in [0.4, 0.5) is 0 Å². The van der Waals surface area contributed by atoms with Crippen LogP contribution in [0.15, 0.2) is 123 Å². The lowest BCUT2D eigenvalue weighted by Gasteiger charge is -2.22. The SMILES string of the molecule is Cc1ccc(S(=O)(=O)O/C(=C(/I)P(=O)(c2ccccc2)c2ccccc2)c2ccccc2)cc1. The Hall–Kier alpha value is -2.67. The molecule has 0 saturated carbocycles. The maximum absolute atomic E-state index is 14.9. The third-order valence-corrected chi connectivity index (χ3v) is 11.8. The lowest BCUT2D eigenvalue weighted by molar-refractivity contribution is 0.463. The van der Waals surface area contributed by atoms with Gasteiger partial charge in [-0.25, -0.2) is 0 Å². The lowest BCUT2D eigenvalue weighted by Crippen LogP contribution is -2.17. The van der Waals surface area contributed by atoms with E-state index in [0.29, 0.717) is 19.5 Å². The predicted octanol–water partition coefficient (Wildman–Crippen LogP) is 6.48. The zero-order valence-corrected chi connectivity index (χ0v) is 22.2. The van der Waals surface area contributed by atoms with Gasteiger partial charge in [-0.1, -0.05) is 109 Å². The normalized spacial score (nSPS) is 12.6. The number of aryl methyl sites for hydroxylation is 1. The van der Waals surface area contributed by atoms with Gasteiger partial charge in [0.25, 0.3) is 0 Å². The van der Waals surface area contributed by atoms with Gasteiger partial charge in [0, 0.05) is 16.2 Å². The second-order valence-corrected chi connectivity index (χ2v) is 13.8. The molecule has 172 valence electrons. The first-order valence-electron chi connectivity index (χ1n) is 10.5. The van der Waals surface area contributed by atoms with Crippen LogP contribution in [0.25, 0.3) is 5.76 Å². The first-order chi connectivity index (χ1) is 16.3. The van der Waals surface area contributed by atoms with Crippen LogP contribution in [0.2, 0.25) is 0 Å². The molecule has 0 amide bonds.